The Hall–Kier alpha value is -2.89. The molecule has 0 aromatic heterocycles. The normalized spacial score (nSPS) is 10.1. The molecule has 0 saturated carbocycles. The van der Waals surface area contributed by atoms with E-state index in [1.54, 1.807) is 0 Å². The molecule has 0 aliphatic rings. The number of nitrogens with two attached hydrogens (primary N) is 2. The third-order valence-electron chi connectivity index (χ3n) is 2.69. The summed E-state index contributed by atoms with van der Waals surface area (Å²) < 4.78 is 13.1. The summed E-state index contributed by atoms with van der Waals surface area (Å²) >= 11 is 0. The number of carbonyl (C=O) groups excluding carboxylic acids is 2. The number of carbonyl (C=O) groups is 2. The smallest absolute Gasteiger partial charge is 0.257 e. The van der Waals surface area contributed by atoms with E-state index in [1.807, 2.05) is 0 Å². The second-order valence-corrected chi connectivity index (χ2v) is 4.13. The monoisotopic (exact) mass is 273 g/mol. The SMILES string of the molecule is NC(=O)c1ccc(NC(=O)c2cc(F)ccc2N)cc1. The van der Waals surface area contributed by atoms with Gasteiger partial charge < -0.3 is 16.8 Å². The van der Waals surface area contributed by atoms with Crippen LogP contribution in [0, 0.1) is 5.82 Å². The van der Waals surface area contributed by atoms with Crippen molar-refractivity contribution in [2.45, 2.75) is 0 Å². The zero-order chi connectivity index (χ0) is 14.7. The zero-order valence-electron chi connectivity index (χ0n) is 10.4. The first-order chi connectivity index (χ1) is 9.47. The molecule has 2 aromatic carbocycles. The highest BCUT2D eigenvalue weighted by molar-refractivity contribution is 6.07. The Kier molecular flexibility index (Phi) is 3.65. The highest BCUT2D eigenvalue weighted by atomic mass is 19.1. The minimum absolute atomic E-state index is 0.0453. The second-order valence-electron chi connectivity index (χ2n) is 4.13. The van der Waals surface area contributed by atoms with E-state index in [-0.39, 0.29) is 11.3 Å². The molecular formula is C14H12FN3O2. The highest BCUT2D eigenvalue weighted by Gasteiger charge is 2.11. The van der Waals surface area contributed by atoms with Crippen LogP contribution in [0.5, 0.6) is 0 Å². The van der Waals surface area contributed by atoms with Crippen molar-refractivity contribution in [3.05, 3.63) is 59.4 Å². The first-order valence-corrected chi connectivity index (χ1v) is 5.73. The first kappa shape index (κ1) is 13.5. The van der Waals surface area contributed by atoms with E-state index in [2.05, 4.69) is 5.32 Å². The third kappa shape index (κ3) is 2.92. The lowest BCUT2D eigenvalue weighted by Gasteiger charge is -2.08. The maximum Gasteiger partial charge on any atom is 0.257 e. The maximum absolute atomic E-state index is 13.1. The standard InChI is InChI=1S/C14H12FN3O2/c15-9-3-6-12(16)11(7-9)14(20)18-10-4-1-8(2-5-10)13(17)19/h1-7H,16H2,(H2,17,19)(H,18,20). The molecule has 0 spiro atoms. The molecule has 0 bridgehead atoms. The van der Waals surface area contributed by atoms with E-state index >= 15 is 0 Å². The Morgan fingerprint density at radius 1 is 1.05 bits per heavy atom. The third-order valence-corrected chi connectivity index (χ3v) is 2.69. The summed E-state index contributed by atoms with van der Waals surface area (Å²) in [7, 11) is 0. The number of anilines is 2. The number of rotatable bonds is 3. The number of benzene rings is 2. The average molecular weight is 273 g/mol. The number of nitrogens with one attached hydrogen (secondary N) is 1. The summed E-state index contributed by atoms with van der Waals surface area (Å²) in [4.78, 5) is 22.9. The van der Waals surface area contributed by atoms with Crippen LogP contribution in [0.4, 0.5) is 15.8 Å². The Morgan fingerprint density at radius 2 is 1.70 bits per heavy atom. The van der Waals surface area contributed by atoms with E-state index < -0.39 is 17.6 Å². The molecule has 2 amide bonds. The maximum atomic E-state index is 13.1. The Balaban J connectivity index is 2.19. The van der Waals surface area contributed by atoms with Crippen LogP contribution in [0.1, 0.15) is 20.7 Å². The van der Waals surface area contributed by atoms with Crippen molar-refractivity contribution in [3.8, 4) is 0 Å². The largest absolute Gasteiger partial charge is 0.398 e. The Morgan fingerprint density at radius 3 is 2.30 bits per heavy atom. The van der Waals surface area contributed by atoms with Crippen molar-refractivity contribution in [2.24, 2.45) is 5.73 Å². The van der Waals surface area contributed by atoms with Gasteiger partial charge in [0, 0.05) is 16.9 Å². The molecule has 2 aromatic rings. The fourth-order valence-corrected chi connectivity index (χ4v) is 1.64. The van der Waals surface area contributed by atoms with Crippen molar-refractivity contribution >= 4 is 23.2 Å². The van der Waals surface area contributed by atoms with Gasteiger partial charge in [0.05, 0.1) is 5.56 Å². The molecule has 0 unspecified atom stereocenters. The molecule has 0 saturated heterocycles. The molecule has 20 heavy (non-hydrogen) atoms. The fraction of sp³-hybridized carbons (Fsp3) is 0. The number of nitrogen functional groups attached to an aromatic ring is 1. The molecule has 0 atom stereocenters. The van der Waals surface area contributed by atoms with Gasteiger partial charge in [0.15, 0.2) is 0 Å². The van der Waals surface area contributed by atoms with Gasteiger partial charge in [0.2, 0.25) is 5.91 Å². The van der Waals surface area contributed by atoms with Crippen LogP contribution in [0.3, 0.4) is 0 Å². The van der Waals surface area contributed by atoms with Crippen LogP contribution < -0.4 is 16.8 Å². The lowest BCUT2D eigenvalue weighted by molar-refractivity contribution is 0.0998. The molecular weight excluding hydrogens is 261 g/mol. The van der Waals surface area contributed by atoms with Crippen LogP contribution >= 0.6 is 0 Å². The van der Waals surface area contributed by atoms with Gasteiger partial charge in [0.1, 0.15) is 5.82 Å². The second kappa shape index (κ2) is 5.40. The first-order valence-electron chi connectivity index (χ1n) is 5.73. The number of hydrogen-bond acceptors (Lipinski definition) is 3. The van der Waals surface area contributed by atoms with Gasteiger partial charge in [-0.1, -0.05) is 0 Å². The van der Waals surface area contributed by atoms with Gasteiger partial charge in [-0.15, -0.1) is 0 Å². The molecule has 0 heterocycles. The summed E-state index contributed by atoms with van der Waals surface area (Å²) in [5.74, 6) is -1.64. The van der Waals surface area contributed by atoms with E-state index in [4.69, 9.17) is 11.5 Å². The number of halogens is 1. The molecule has 5 N–H and O–H groups in total. The topological polar surface area (TPSA) is 98.2 Å². The average Bonchev–Trinajstić information content (AvgIpc) is 2.42. The van der Waals surface area contributed by atoms with Crippen LogP contribution in [-0.4, -0.2) is 11.8 Å². The van der Waals surface area contributed by atoms with Crippen LogP contribution in [0.25, 0.3) is 0 Å². The molecule has 0 aliphatic carbocycles. The summed E-state index contributed by atoms with van der Waals surface area (Å²) in [5.41, 5.74) is 11.7. The molecule has 0 fully saturated rings. The summed E-state index contributed by atoms with van der Waals surface area (Å²) in [5, 5.41) is 2.55. The molecule has 102 valence electrons. The molecule has 0 aliphatic heterocycles. The Bertz CT molecular complexity index is 669. The fourth-order valence-electron chi connectivity index (χ4n) is 1.64. The quantitative estimate of drug-likeness (QED) is 0.743. The van der Waals surface area contributed by atoms with Crippen molar-refractivity contribution in [3.63, 3.8) is 0 Å². The zero-order valence-corrected chi connectivity index (χ0v) is 10.4. The van der Waals surface area contributed by atoms with Crippen LogP contribution in [0.2, 0.25) is 0 Å². The van der Waals surface area contributed by atoms with Crippen molar-refractivity contribution in [2.75, 3.05) is 11.1 Å². The minimum Gasteiger partial charge on any atom is -0.398 e. The summed E-state index contributed by atoms with van der Waals surface area (Å²) in [6.45, 7) is 0. The molecule has 5 nitrogen and oxygen atoms in total. The molecule has 6 heteroatoms. The minimum atomic E-state index is -0.558. The van der Waals surface area contributed by atoms with Crippen molar-refractivity contribution < 1.29 is 14.0 Å². The number of amides is 2. The van der Waals surface area contributed by atoms with E-state index in [0.29, 0.717) is 11.3 Å². The van der Waals surface area contributed by atoms with Gasteiger partial charge in [-0.05, 0) is 42.5 Å². The lowest BCUT2D eigenvalue weighted by Crippen LogP contribution is -2.15. The van der Waals surface area contributed by atoms with Crippen molar-refractivity contribution in [1.82, 2.24) is 0 Å². The van der Waals surface area contributed by atoms with Gasteiger partial charge in [-0.3, -0.25) is 9.59 Å². The van der Waals surface area contributed by atoms with Crippen molar-refractivity contribution in [1.29, 1.82) is 0 Å². The number of hydrogen-bond donors (Lipinski definition) is 3. The summed E-state index contributed by atoms with van der Waals surface area (Å²) in [6, 6.07) is 9.55. The summed E-state index contributed by atoms with van der Waals surface area (Å²) in [6.07, 6.45) is 0. The van der Waals surface area contributed by atoms with Gasteiger partial charge in [-0.2, -0.15) is 0 Å². The number of primary amides is 1. The highest BCUT2D eigenvalue weighted by Crippen LogP contribution is 2.16. The molecule has 0 radical (unpaired) electrons. The predicted molar refractivity (Wildman–Crippen MR) is 73.7 cm³/mol. The molecule has 2 rings (SSSR count). The van der Waals surface area contributed by atoms with E-state index in [1.165, 1.54) is 36.4 Å². The van der Waals surface area contributed by atoms with Gasteiger partial charge >= 0.3 is 0 Å². The van der Waals surface area contributed by atoms with Gasteiger partial charge in [0.25, 0.3) is 5.91 Å². The van der Waals surface area contributed by atoms with Crippen LogP contribution in [-0.2, 0) is 0 Å². The van der Waals surface area contributed by atoms with Crippen LogP contribution in [0.15, 0.2) is 42.5 Å². The van der Waals surface area contributed by atoms with E-state index in [0.717, 1.165) is 6.07 Å². The lowest BCUT2D eigenvalue weighted by atomic mass is 10.1. The Labute approximate surface area is 114 Å². The predicted octanol–water partition coefficient (Wildman–Crippen LogP) is 1.76. The van der Waals surface area contributed by atoms with Gasteiger partial charge in [-0.25, -0.2) is 4.39 Å². The van der Waals surface area contributed by atoms with E-state index in [9.17, 15) is 14.0 Å².